The van der Waals surface area contributed by atoms with Crippen molar-refractivity contribution in [2.75, 3.05) is 5.32 Å². The summed E-state index contributed by atoms with van der Waals surface area (Å²) >= 11 is 5.93. The van der Waals surface area contributed by atoms with Gasteiger partial charge in [0.15, 0.2) is 0 Å². The van der Waals surface area contributed by atoms with E-state index in [0.717, 1.165) is 6.08 Å². The summed E-state index contributed by atoms with van der Waals surface area (Å²) in [6.45, 7) is 0. The monoisotopic (exact) mass is 416 g/mol. The highest BCUT2D eigenvalue weighted by Gasteiger charge is 2.09. The second-order valence-corrected chi connectivity index (χ2v) is 6.16. The van der Waals surface area contributed by atoms with Crippen molar-refractivity contribution in [1.82, 2.24) is 10.9 Å². The van der Waals surface area contributed by atoms with E-state index < -0.39 is 22.6 Å². The van der Waals surface area contributed by atoms with E-state index in [9.17, 15) is 24.5 Å². The van der Waals surface area contributed by atoms with Crippen molar-refractivity contribution in [1.29, 1.82) is 0 Å². The Morgan fingerprint density at radius 1 is 1.00 bits per heavy atom. The molecular formula is C19H17ClN4O5. The number of nitrogens with one attached hydrogen (secondary N) is 3. The van der Waals surface area contributed by atoms with Crippen molar-refractivity contribution < 1.29 is 19.3 Å². The second kappa shape index (κ2) is 10.6. The molecule has 150 valence electrons. The zero-order chi connectivity index (χ0) is 21.2. The van der Waals surface area contributed by atoms with Gasteiger partial charge in [-0.05, 0) is 23.8 Å². The van der Waals surface area contributed by atoms with Crippen LogP contribution in [0.15, 0.2) is 54.6 Å². The molecule has 0 bridgehead atoms. The van der Waals surface area contributed by atoms with E-state index in [1.807, 2.05) is 0 Å². The molecule has 9 nitrogen and oxygen atoms in total. The van der Waals surface area contributed by atoms with Crippen LogP contribution in [0.25, 0.3) is 6.08 Å². The number of halogens is 1. The lowest BCUT2D eigenvalue weighted by atomic mass is 10.2. The number of non-ortho nitro benzene ring substituents is 1. The van der Waals surface area contributed by atoms with Crippen LogP contribution in [0.1, 0.15) is 18.4 Å². The number of para-hydroxylation sites is 1. The lowest BCUT2D eigenvalue weighted by molar-refractivity contribution is -0.384. The quantitative estimate of drug-likeness (QED) is 0.363. The Labute approximate surface area is 170 Å². The van der Waals surface area contributed by atoms with Crippen LogP contribution in [-0.2, 0) is 14.4 Å². The molecule has 0 heterocycles. The van der Waals surface area contributed by atoms with Crippen LogP contribution in [0.4, 0.5) is 11.4 Å². The van der Waals surface area contributed by atoms with Crippen molar-refractivity contribution in [3.63, 3.8) is 0 Å². The molecule has 0 aliphatic carbocycles. The Kier molecular flexibility index (Phi) is 7.87. The standard InChI is InChI=1S/C19H17ClN4O5/c20-15-6-1-2-7-16(15)21-17(25)10-11-19(27)23-22-18(26)9-8-13-4-3-5-14(12-13)24(28)29/h1-9,12H,10-11H2,(H,21,25)(H,22,26)(H,23,27)/b9-8+. The number of hydrogen-bond acceptors (Lipinski definition) is 5. The zero-order valence-electron chi connectivity index (χ0n) is 15.1. The lowest BCUT2D eigenvalue weighted by Crippen LogP contribution is -2.41. The lowest BCUT2D eigenvalue weighted by Gasteiger charge is -2.07. The zero-order valence-corrected chi connectivity index (χ0v) is 15.8. The Balaban J connectivity index is 1.73. The van der Waals surface area contributed by atoms with Gasteiger partial charge in [-0.15, -0.1) is 0 Å². The third kappa shape index (κ3) is 7.43. The number of amides is 3. The van der Waals surface area contributed by atoms with Crippen LogP contribution in [0.3, 0.4) is 0 Å². The molecule has 0 spiro atoms. The molecule has 2 aromatic rings. The van der Waals surface area contributed by atoms with Crippen molar-refractivity contribution in [3.05, 3.63) is 75.3 Å². The van der Waals surface area contributed by atoms with Gasteiger partial charge in [-0.1, -0.05) is 35.9 Å². The average Bonchev–Trinajstić information content (AvgIpc) is 2.71. The van der Waals surface area contributed by atoms with E-state index in [-0.39, 0.29) is 18.5 Å². The molecule has 29 heavy (non-hydrogen) atoms. The van der Waals surface area contributed by atoms with E-state index in [4.69, 9.17) is 11.6 Å². The fraction of sp³-hybridized carbons (Fsp3) is 0.105. The van der Waals surface area contributed by atoms with Crippen LogP contribution in [0.5, 0.6) is 0 Å². The maximum absolute atomic E-state index is 11.8. The first-order chi connectivity index (χ1) is 13.8. The third-order valence-electron chi connectivity index (χ3n) is 3.56. The van der Waals surface area contributed by atoms with Gasteiger partial charge < -0.3 is 5.32 Å². The third-order valence-corrected chi connectivity index (χ3v) is 3.89. The molecule has 3 N–H and O–H groups in total. The van der Waals surface area contributed by atoms with Crippen molar-refractivity contribution >= 4 is 46.8 Å². The van der Waals surface area contributed by atoms with Crippen molar-refractivity contribution in [3.8, 4) is 0 Å². The molecule has 2 aromatic carbocycles. The van der Waals surface area contributed by atoms with Gasteiger partial charge in [0.25, 0.3) is 11.6 Å². The first-order valence-corrected chi connectivity index (χ1v) is 8.78. The minimum absolute atomic E-state index is 0.101. The first-order valence-electron chi connectivity index (χ1n) is 8.41. The second-order valence-electron chi connectivity index (χ2n) is 5.75. The fourth-order valence-corrected chi connectivity index (χ4v) is 2.33. The molecule has 0 fully saturated rings. The number of carbonyl (C=O) groups is 3. The number of rotatable bonds is 7. The van der Waals surface area contributed by atoms with Gasteiger partial charge in [0, 0.05) is 31.1 Å². The largest absolute Gasteiger partial charge is 0.325 e. The summed E-state index contributed by atoms with van der Waals surface area (Å²) in [5.74, 6) is -1.59. The molecule has 10 heteroatoms. The first kappa shape index (κ1) is 21.6. The van der Waals surface area contributed by atoms with Crippen LogP contribution < -0.4 is 16.2 Å². The molecule has 0 radical (unpaired) electrons. The Morgan fingerprint density at radius 2 is 1.72 bits per heavy atom. The van der Waals surface area contributed by atoms with E-state index in [1.54, 1.807) is 30.3 Å². The minimum atomic E-state index is -0.634. The summed E-state index contributed by atoms with van der Waals surface area (Å²) in [7, 11) is 0. The molecule has 3 amide bonds. The van der Waals surface area contributed by atoms with Gasteiger partial charge >= 0.3 is 0 Å². The number of nitro benzene ring substituents is 1. The van der Waals surface area contributed by atoms with Gasteiger partial charge in [-0.25, -0.2) is 0 Å². The molecular weight excluding hydrogens is 400 g/mol. The summed E-state index contributed by atoms with van der Waals surface area (Å²) in [6.07, 6.45) is 2.23. The predicted octanol–water partition coefficient (Wildman–Crippen LogP) is 2.83. The number of nitrogens with zero attached hydrogens (tertiary/aromatic N) is 1. The molecule has 0 aliphatic rings. The highest BCUT2D eigenvalue weighted by molar-refractivity contribution is 6.33. The van der Waals surface area contributed by atoms with E-state index in [2.05, 4.69) is 16.2 Å². The summed E-state index contributed by atoms with van der Waals surface area (Å²) < 4.78 is 0. The Hall–Kier alpha value is -3.72. The van der Waals surface area contributed by atoms with Crippen LogP contribution in [0, 0.1) is 10.1 Å². The number of hydrogen-bond donors (Lipinski definition) is 3. The topological polar surface area (TPSA) is 130 Å². The van der Waals surface area contributed by atoms with Crippen LogP contribution >= 0.6 is 11.6 Å². The number of anilines is 1. The van der Waals surface area contributed by atoms with E-state index in [0.29, 0.717) is 16.3 Å². The normalized spacial score (nSPS) is 10.4. The fourth-order valence-electron chi connectivity index (χ4n) is 2.15. The smallest absolute Gasteiger partial charge is 0.270 e. The molecule has 0 saturated carbocycles. The maximum atomic E-state index is 11.8. The SMILES string of the molecule is O=C(/C=C/c1cccc([N+](=O)[O-])c1)NNC(=O)CCC(=O)Nc1ccccc1Cl. The summed E-state index contributed by atoms with van der Waals surface area (Å²) in [5, 5.41) is 13.7. The summed E-state index contributed by atoms with van der Waals surface area (Å²) in [5.41, 5.74) is 5.13. The minimum Gasteiger partial charge on any atom is -0.325 e. The van der Waals surface area contributed by atoms with Gasteiger partial charge in [0.1, 0.15) is 0 Å². The number of nitro groups is 1. The number of benzene rings is 2. The van der Waals surface area contributed by atoms with Gasteiger partial charge in [0.05, 0.1) is 15.6 Å². The molecule has 0 aromatic heterocycles. The van der Waals surface area contributed by atoms with E-state index in [1.165, 1.54) is 24.3 Å². The van der Waals surface area contributed by atoms with Crippen molar-refractivity contribution in [2.24, 2.45) is 0 Å². The summed E-state index contributed by atoms with van der Waals surface area (Å²) in [6, 6.07) is 12.4. The molecule has 2 rings (SSSR count). The highest BCUT2D eigenvalue weighted by atomic mass is 35.5. The van der Waals surface area contributed by atoms with Gasteiger partial charge in [-0.2, -0.15) is 0 Å². The summed E-state index contributed by atoms with van der Waals surface area (Å²) in [4.78, 5) is 45.5. The average molecular weight is 417 g/mol. The molecule has 0 unspecified atom stereocenters. The number of hydrazine groups is 1. The molecule has 0 aliphatic heterocycles. The van der Waals surface area contributed by atoms with Crippen molar-refractivity contribution in [2.45, 2.75) is 12.8 Å². The number of carbonyl (C=O) groups excluding carboxylic acids is 3. The van der Waals surface area contributed by atoms with Gasteiger partial charge in [-0.3, -0.25) is 35.3 Å². The van der Waals surface area contributed by atoms with E-state index >= 15 is 0 Å². The van der Waals surface area contributed by atoms with Crippen LogP contribution in [-0.4, -0.2) is 22.6 Å². The predicted molar refractivity (Wildman–Crippen MR) is 108 cm³/mol. The maximum Gasteiger partial charge on any atom is 0.270 e. The Morgan fingerprint density at radius 3 is 2.45 bits per heavy atom. The van der Waals surface area contributed by atoms with Crippen LogP contribution in [0.2, 0.25) is 5.02 Å². The molecule has 0 atom stereocenters. The highest BCUT2D eigenvalue weighted by Crippen LogP contribution is 2.20. The molecule has 0 saturated heterocycles. The van der Waals surface area contributed by atoms with Gasteiger partial charge in [0.2, 0.25) is 11.8 Å². The Bertz CT molecular complexity index is 961.